The summed E-state index contributed by atoms with van der Waals surface area (Å²) in [6, 6.07) is 8.19. The summed E-state index contributed by atoms with van der Waals surface area (Å²) >= 11 is 0. The summed E-state index contributed by atoms with van der Waals surface area (Å²) in [6.07, 6.45) is -4.73. The number of hydrogen-bond donors (Lipinski definition) is 1. The lowest BCUT2D eigenvalue weighted by Crippen LogP contribution is -2.14. The Labute approximate surface area is 133 Å². The van der Waals surface area contributed by atoms with Crippen molar-refractivity contribution in [2.75, 3.05) is 7.11 Å². The van der Waals surface area contributed by atoms with E-state index in [1.165, 1.54) is 13.2 Å². The first kappa shape index (κ1) is 15.8. The smallest absolute Gasteiger partial charge is 0.433 e. The van der Waals surface area contributed by atoms with Crippen LogP contribution in [0.1, 0.15) is 16.2 Å². The lowest BCUT2D eigenvalue weighted by atomic mass is 10.1. The van der Waals surface area contributed by atoms with Crippen molar-refractivity contribution in [3.63, 3.8) is 0 Å². The molecule has 3 aromatic rings. The van der Waals surface area contributed by atoms with Crippen molar-refractivity contribution in [1.29, 1.82) is 0 Å². The second-order valence-electron chi connectivity index (χ2n) is 4.86. The first-order chi connectivity index (χ1) is 11.3. The van der Waals surface area contributed by atoms with E-state index in [1.54, 1.807) is 18.2 Å². The molecule has 1 N–H and O–H groups in total. The molecule has 0 amide bonds. The minimum atomic E-state index is -4.73. The number of hydrogen-bond acceptors (Lipinski definition) is 4. The van der Waals surface area contributed by atoms with Crippen LogP contribution in [0, 0.1) is 0 Å². The summed E-state index contributed by atoms with van der Waals surface area (Å²) in [5.41, 5.74) is -1.40. The van der Waals surface area contributed by atoms with E-state index >= 15 is 0 Å². The fraction of sp³-hybridized carbons (Fsp3) is 0.133. The molecule has 0 unspecified atom stereocenters. The molecule has 0 spiro atoms. The van der Waals surface area contributed by atoms with Crippen LogP contribution in [0.25, 0.3) is 16.9 Å². The van der Waals surface area contributed by atoms with E-state index in [9.17, 15) is 18.0 Å². The Morgan fingerprint density at radius 3 is 2.62 bits per heavy atom. The Morgan fingerprint density at radius 1 is 1.25 bits per heavy atom. The Bertz CT molecular complexity index is 935. The number of carbonyl (C=O) groups is 1. The van der Waals surface area contributed by atoms with Gasteiger partial charge in [0.05, 0.1) is 12.8 Å². The average molecular weight is 337 g/mol. The zero-order valence-electron chi connectivity index (χ0n) is 12.2. The Morgan fingerprint density at radius 2 is 2.00 bits per heavy atom. The van der Waals surface area contributed by atoms with E-state index in [0.29, 0.717) is 15.8 Å². The van der Waals surface area contributed by atoms with E-state index in [-0.39, 0.29) is 11.3 Å². The molecule has 2 heterocycles. The highest BCUT2D eigenvalue weighted by Crippen LogP contribution is 2.33. The van der Waals surface area contributed by atoms with Crippen LogP contribution >= 0.6 is 0 Å². The summed E-state index contributed by atoms with van der Waals surface area (Å²) in [5, 5.41) is 12.4. The van der Waals surface area contributed by atoms with E-state index in [0.717, 1.165) is 12.1 Å². The van der Waals surface area contributed by atoms with Crippen LogP contribution in [0.2, 0.25) is 0 Å². The van der Waals surface area contributed by atoms with Crippen molar-refractivity contribution >= 4 is 11.6 Å². The Kier molecular flexibility index (Phi) is 3.63. The molecule has 0 atom stereocenters. The van der Waals surface area contributed by atoms with Gasteiger partial charge in [0.25, 0.3) is 0 Å². The van der Waals surface area contributed by atoms with Crippen LogP contribution in [0.4, 0.5) is 13.2 Å². The van der Waals surface area contributed by atoms with Gasteiger partial charge < -0.3 is 9.84 Å². The second-order valence-corrected chi connectivity index (χ2v) is 4.86. The van der Waals surface area contributed by atoms with Crippen LogP contribution < -0.4 is 4.74 Å². The van der Waals surface area contributed by atoms with Crippen LogP contribution in [-0.2, 0) is 6.18 Å². The molecule has 0 saturated heterocycles. The van der Waals surface area contributed by atoms with Crippen molar-refractivity contribution in [3.05, 3.63) is 47.8 Å². The molecule has 0 radical (unpaired) electrons. The highest BCUT2D eigenvalue weighted by molar-refractivity contribution is 5.86. The van der Waals surface area contributed by atoms with Gasteiger partial charge in [0.1, 0.15) is 5.75 Å². The third kappa shape index (κ3) is 2.75. The fourth-order valence-electron chi connectivity index (χ4n) is 2.21. The molecule has 0 saturated carbocycles. The molecule has 0 aliphatic heterocycles. The number of nitrogens with zero attached hydrogens (tertiary/aromatic N) is 3. The van der Waals surface area contributed by atoms with Gasteiger partial charge in [-0.1, -0.05) is 12.1 Å². The van der Waals surface area contributed by atoms with Gasteiger partial charge in [0.15, 0.2) is 17.0 Å². The van der Waals surface area contributed by atoms with Crippen LogP contribution in [-0.4, -0.2) is 32.8 Å². The number of rotatable bonds is 3. The number of fused-ring (bicyclic) bond motifs is 1. The maximum Gasteiger partial charge on any atom is 0.433 e. The highest BCUT2D eigenvalue weighted by atomic mass is 19.4. The monoisotopic (exact) mass is 337 g/mol. The van der Waals surface area contributed by atoms with Crippen LogP contribution in [0.15, 0.2) is 36.4 Å². The number of carboxylic acids is 1. The van der Waals surface area contributed by atoms with Crippen molar-refractivity contribution in [1.82, 2.24) is 14.6 Å². The van der Waals surface area contributed by atoms with Gasteiger partial charge in [-0.05, 0) is 18.2 Å². The lowest BCUT2D eigenvalue weighted by molar-refractivity contribution is -0.142. The number of aromatic nitrogens is 3. The third-order valence-corrected chi connectivity index (χ3v) is 3.30. The molecule has 3 rings (SSSR count). The van der Waals surface area contributed by atoms with E-state index in [2.05, 4.69) is 10.1 Å². The van der Waals surface area contributed by atoms with Gasteiger partial charge in [-0.3, -0.25) is 0 Å². The molecule has 0 aliphatic rings. The molecular formula is C15H10F3N3O3. The summed E-state index contributed by atoms with van der Waals surface area (Å²) in [4.78, 5) is 15.0. The molecule has 0 bridgehead atoms. The Balaban J connectivity index is 2.27. The lowest BCUT2D eigenvalue weighted by Gasteiger charge is -2.11. The van der Waals surface area contributed by atoms with Crippen molar-refractivity contribution in [2.24, 2.45) is 0 Å². The number of benzene rings is 1. The molecule has 0 aliphatic carbocycles. The zero-order chi connectivity index (χ0) is 17.5. The normalized spacial score (nSPS) is 11.7. The maximum atomic E-state index is 13.3. The maximum absolute atomic E-state index is 13.3. The van der Waals surface area contributed by atoms with Crippen molar-refractivity contribution in [3.8, 4) is 17.0 Å². The predicted molar refractivity (Wildman–Crippen MR) is 76.9 cm³/mol. The minimum absolute atomic E-state index is 0.0329. The van der Waals surface area contributed by atoms with Gasteiger partial charge in [-0.25, -0.2) is 14.3 Å². The number of ether oxygens (including phenoxy) is 1. The minimum Gasteiger partial charge on any atom is -0.497 e. The van der Waals surface area contributed by atoms with E-state index in [4.69, 9.17) is 9.84 Å². The molecular weight excluding hydrogens is 327 g/mol. The van der Waals surface area contributed by atoms with Gasteiger partial charge in [0.2, 0.25) is 0 Å². The standard InChI is InChI=1S/C15H10F3N3O3/c1-24-9-4-2-3-8(5-9)10-6-12(15(16,17)18)21-13(19-10)7-11(20-21)14(22)23/h2-7H,1H3,(H,22,23). The summed E-state index contributed by atoms with van der Waals surface area (Å²) in [7, 11) is 1.44. The largest absolute Gasteiger partial charge is 0.497 e. The van der Waals surface area contributed by atoms with Crippen LogP contribution in [0.3, 0.4) is 0 Å². The van der Waals surface area contributed by atoms with E-state index < -0.39 is 23.5 Å². The highest BCUT2D eigenvalue weighted by Gasteiger charge is 2.35. The summed E-state index contributed by atoms with van der Waals surface area (Å²) in [5.74, 6) is -0.973. The molecule has 124 valence electrons. The molecule has 6 nitrogen and oxygen atoms in total. The Hall–Kier alpha value is -3.10. The number of halogens is 3. The predicted octanol–water partition coefficient (Wildman–Crippen LogP) is 3.12. The van der Waals surface area contributed by atoms with Gasteiger partial charge in [0, 0.05) is 11.6 Å². The summed E-state index contributed by atoms with van der Waals surface area (Å²) in [6.45, 7) is 0. The fourth-order valence-corrected chi connectivity index (χ4v) is 2.21. The molecule has 1 aromatic carbocycles. The number of carboxylic acid groups (broad SMARTS) is 1. The van der Waals surface area contributed by atoms with Gasteiger partial charge in [-0.15, -0.1) is 0 Å². The van der Waals surface area contributed by atoms with Crippen molar-refractivity contribution in [2.45, 2.75) is 6.18 Å². The first-order valence-electron chi connectivity index (χ1n) is 6.65. The molecule has 2 aromatic heterocycles. The second kappa shape index (κ2) is 5.52. The number of alkyl halides is 3. The number of aromatic carboxylic acids is 1. The topological polar surface area (TPSA) is 76.7 Å². The molecule has 24 heavy (non-hydrogen) atoms. The first-order valence-corrected chi connectivity index (χ1v) is 6.65. The molecule has 9 heteroatoms. The SMILES string of the molecule is COc1cccc(-c2cc(C(F)(F)F)n3nc(C(=O)O)cc3n2)c1. The van der Waals surface area contributed by atoms with E-state index in [1.807, 2.05) is 0 Å². The quantitative estimate of drug-likeness (QED) is 0.795. The van der Waals surface area contributed by atoms with Crippen molar-refractivity contribution < 1.29 is 27.8 Å². The van der Waals surface area contributed by atoms with Gasteiger partial charge >= 0.3 is 12.1 Å². The third-order valence-electron chi connectivity index (χ3n) is 3.30. The average Bonchev–Trinajstić information content (AvgIpc) is 2.97. The van der Waals surface area contributed by atoms with Gasteiger partial charge in [-0.2, -0.15) is 18.3 Å². The van der Waals surface area contributed by atoms with Crippen LogP contribution in [0.5, 0.6) is 5.75 Å². The molecule has 0 fully saturated rings. The number of methoxy groups -OCH3 is 1. The zero-order valence-corrected chi connectivity index (χ0v) is 12.2. The summed E-state index contributed by atoms with van der Waals surface area (Å²) < 4.78 is 45.5.